The van der Waals surface area contributed by atoms with Crippen LogP contribution in [0.5, 0.6) is 0 Å². The molecule has 1 heterocycles. The van der Waals surface area contributed by atoms with Gasteiger partial charge in [-0.3, -0.25) is 4.98 Å². The molecular weight excluding hydrogens is 278 g/mol. The molecular formula is C17H21N3O2. The molecule has 0 aliphatic rings. The van der Waals surface area contributed by atoms with Crippen molar-refractivity contribution in [1.82, 2.24) is 15.2 Å². The zero-order valence-corrected chi connectivity index (χ0v) is 12.9. The second kappa shape index (κ2) is 7.56. The van der Waals surface area contributed by atoms with Gasteiger partial charge in [0.2, 0.25) is 0 Å². The standard InChI is InChI=1S/C17H21N3O2/c1-13(21)12-20(2)17(22)19-10-14-5-7-15(8-6-14)16-4-3-9-18-11-16/h3-9,11,13,21H,10,12H2,1-2H3,(H,19,22). The summed E-state index contributed by atoms with van der Waals surface area (Å²) < 4.78 is 0. The minimum atomic E-state index is -0.533. The summed E-state index contributed by atoms with van der Waals surface area (Å²) >= 11 is 0. The van der Waals surface area contributed by atoms with Gasteiger partial charge in [-0.2, -0.15) is 0 Å². The van der Waals surface area contributed by atoms with E-state index < -0.39 is 6.10 Å². The maximum Gasteiger partial charge on any atom is 0.317 e. The lowest BCUT2D eigenvalue weighted by Crippen LogP contribution is -2.40. The van der Waals surface area contributed by atoms with Crippen molar-refractivity contribution in [2.24, 2.45) is 0 Å². The third-order valence-corrected chi connectivity index (χ3v) is 3.28. The predicted octanol–water partition coefficient (Wildman–Crippen LogP) is 2.27. The molecule has 22 heavy (non-hydrogen) atoms. The number of aromatic nitrogens is 1. The summed E-state index contributed by atoms with van der Waals surface area (Å²) in [6.07, 6.45) is 3.04. The number of aliphatic hydroxyl groups is 1. The van der Waals surface area contributed by atoms with E-state index in [1.165, 1.54) is 4.90 Å². The van der Waals surface area contributed by atoms with E-state index in [9.17, 15) is 9.90 Å². The van der Waals surface area contributed by atoms with Crippen LogP contribution in [-0.2, 0) is 6.54 Å². The van der Waals surface area contributed by atoms with Crippen LogP contribution >= 0.6 is 0 Å². The number of aliphatic hydroxyl groups excluding tert-OH is 1. The van der Waals surface area contributed by atoms with Crippen LogP contribution < -0.4 is 5.32 Å². The Morgan fingerprint density at radius 2 is 2.00 bits per heavy atom. The molecule has 0 saturated carbocycles. The quantitative estimate of drug-likeness (QED) is 0.890. The molecule has 2 N–H and O–H groups in total. The molecule has 1 atom stereocenters. The van der Waals surface area contributed by atoms with Crippen molar-refractivity contribution in [2.75, 3.05) is 13.6 Å². The van der Waals surface area contributed by atoms with E-state index in [2.05, 4.69) is 10.3 Å². The number of rotatable bonds is 5. The third kappa shape index (κ3) is 4.56. The number of carbonyl (C=O) groups excluding carboxylic acids is 1. The van der Waals surface area contributed by atoms with E-state index in [1.54, 1.807) is 20.2 Å². The third-order valence-electron chi connectivity index (χ3n) is 3.28. The van der Waals surface area contributed by atoms with Gasteiger partial charge in [-0.1, -0.05) is 30.3 Å². The number of benzene rings is 1. The minimum absolute atomic E-state index is 0.197. The van der Waals surface area contributed by atoms with Crippen LogP contribution in [0.15, 0.2) is 48.8 Å². The lowest BCUT2D eigenvalue weighted by Gasteiger charge is -2.19. The topological polar surface area (TPSA) is 65.5 Å². The van der Waals surface area contributed by atoms with Crippen molar-refractivity contribution in [3.05, 3.63) is 54.4 Å². The van der Waals surface area contributed by atoms with Crippen LogP contribution in [0.2, 0.25) is 0 Å². The molecule has 2 rings (SSSR count). The van der Waals surface area contributed by atoms with Crippen LogP contribution in [0, 0.1) is 0 Å². The fourth-order valence-corrected chi connectivity index (χ4v) is 2.14. The SMILES string of the molecule is CC(O)CN(C)C(=O)NCc1ccc(-c2cccnc2)cc1. The maximum absolute atomic E-state index is 11.8. The second-order valence-electron chi connectivity index (χ2n) is 5.33. The average molecular weight is 299 g/mol. The molecule has 0 aliphatic heterocycles. The number of hydrogen-bond acceptors (Lipinski definition) is 3. The van der Waals surface area contributed by atoms with Crippen LogP contribution in [0.1, 0.15) is 12.5 Å². The Hall–Kier alpha value is -2.40. The summed E-state index contributed by atoms with van der Waals surface area (Å²) in [5, 5.41) is 12.1. The maximum atomic E-state index is 11.8. The predicted molar refractivity (Wildman–Crippen MR) is 86.2 cm³/mol. The first-order valence-corrected chi connectivity index (χ1v) is 7.22. The van der Waals surface area contributed by atoms with Crippen molar-refractivity contribution in [3.8, 4) is 11.1 Å². The van der Waals surface area contributed by atoms with Gasteiger partial charge in [-0.05, 0) is 29.7 Å². The van der Waals surface area contributed by atoms with Crippen molar-refractivity contribution >= 4 is 6.03 Å². The molecule has 1 aromatic heterocycles. The second-order valence-corrected chi connectivity index (χ2v) is 5.33. The zero-order valence-electron chi connectivity index (χ0n) is 12.9. The van der Waals surface area contributed by atoms with Gasteiger partial charge in [0.1, 0.15) is 0 Å². The number of nitrogens with one attached hydrogen (secondary N) is 1. The van der Waals surface area contributed by atoms with Gasteiger partial charge in [-0.15, -0.1) is 0 Å². The van der Waals surface area contributed by atoms with E-state index in [0.29, 0.717) is 13.1 Å². The fraction of sp³-hybridized carbons (Fsp3) is 0.294. The lowest BCUT2D eigenvalue weighted by atomic mass is 10.1. The minimum Gasteiger partial charge on any atom is -0.392 e. The first kappa shape index (κ1) is 16.0. The highest BCUT2D eigenvalue weighted by Gasteiger charge is 2.10. The number of carbonyl (C=O) groups is 1. The molecule has 1 aromatic carbocycles. The first-order valence-electron chi connectivity index (χ1n) is 7.22. The van der Waals surface area contributed by atoms with Gasteiger partial charge in [0, 0.05) is 32.5 Å². The summed E-state index contributed by atoms with van der Waals surface area (Å²) in [7, 11) is 1.66. The van der Waals surface area contributed by atoms with E-state index in [4.69, 9.17) is 0 Å². The van der Waals surface area contributed by atoms with Crippen LogP contribution in [0.3, 0.4) is 0 Å². The Morgan fingerprint density at radius 1 is 1.27 bits per heavy atom. The molecule has 5 nitrogen and oxygen atoms in total. The van der Waals surface area contributed by atoms with Crippen molar-refractivity contribution < 1.29 is 9.90 Å². The van der Waals surface area contributed by atoms with Crippen molar-refractivity contribution in [1.29, 1.82) is 0 Å². The van der Waals surface area contributed by atoms with Crippen molar-refractivity contribution in [2.45, 2.75) is 19.6 Å². The normalized spacial score (nSPS) is 11.8. The van der Waals surface area contributed by atoms with Gasteiger partial charge in [0.05, 0.1) is 6.10 Å². The average Bonchev–Trinajstić information content (AvgIpc) is 2.53. The van der Waals surface area contributed by atoms with Gasteiger partial charge in [-0.25, -0.2) is 4.79 Å². The Morgan fingerprint density at radius 3 is 2.59 bits per heavy atom. The fourth-order valence-electron chi connectivity index (χ4n) is 2.14. The first-order chi connectivity index (χ1) is 10.6. The van der Waals surface area contributed by atoms with Gasteiger partial charge in [0.25, 0.3) is 0 Å². The number of amides is 2. The molecule has 0 saturated heterocycles. The summed E-state index contributed by atoms with van der Waals surface area (Å²) in [5.41, 5.74) is 3.18. The van der Waals surface area contributed by atoms with E-state index >= 15 is 0 Å². The molecule has 1 unspecified atom stereocenters. The number of likely N-dealkylation sites (N-methyl/N-ethyl adjacent to an activating group) is 1. The van der Waals surface area contributed by atoms with Crippen LogP contribution in [0.25, 0.3) is 11.1 Å². The molecule has 0 spiro atoms. The Bertz CT molecular complexity index is 597. The highest BCUT2D eigenvalue weighted by Crippen LogP contribution is 2.18. The molecule has 2 aromatic rings. The largest absolute Gasteiger partial charge is 0.392 e. The highest BCUT2D eigenvalue weighted by molar-refractivity contribution is 5.73. The molecule has 0 aliphatic carbocycles. The molecule has 116 valence electrons. The lowest BCUT2D eigenvalue weighted by molar-refractivity contribution is 0.143. The van der Waals surface area contributed by atoms with Gasteiger partial charge in [0.15, 0.2) is 0 Å². The Labute approximate surface area is 130 Å². The van der Waals surface area contributed by atoms with Gasteiger partial charge >= 0.3 is 6.03 Å². The molecule has 0 bridgehead atoms. The number of urea groups is 1. The number of nitrogens with zero attached hydrogens (tertiary/aromatic N) is 2. The summed E-state index contributed by atoms with van der Waals surface area (Å²) in [6, 6.07) is 11.7. The van der Waals surface area contributed by atoms with E-state index in [1.807, 2.05) is 42.6 Å². The number of hydrogen-bond donors (Lipinski definition) is 2. The van der Waals surface area contributed by atoms with E-state index in [0.717, 1.165) is 16.7 Å². The zero-order chi connectivity index (χ0) is 15.9. The van der Waals surface area contributed by atoms with Gasteiger partial charge < -0.3 is 15.3 Å². The molecule has 0 fully saturated rings. The highest BCUT2D eigenvalue weighted by atomic mass is 16.3. The Balaban J connectivity index is 1.91. The van der Waals surface area contributed by atoms with Crippen LogP contribution in [0.4, 0.5) is 4.79 Å². The molecule has 5 heteroatoms. The summed E-state index contributed by atoms with van der Waals surface area (Å²) in [6.45, 7) is 2.42. The van der Waals surface area contributed by atoms with Crippen LogP contribution in [-0.4, -0.2) is 40.7 Å². The smallest absolute Gasteiger partial charge is 0.317 e. The van der Waals surface area contributed by atoms with E-state index in [-0.39, 0.29) is 6.03 Å². The monoisotopic (exact) mass is 299 g/mol. The molecule has 0 radical (unpaired) electrons. The van der Waals surface area contributed by atoms with Crippen molar-refractivity contribution in [3.63, 3.8) is 0 Å². The summed E-state index contributed by atoms with van der Waals surface area (Å²) in [4.78, 5) is 17.4. The summed E-state index contributed by atoms with van der Waals surface area (Å²) in [5.74, 6) is 0. The number of pyridine rings is 1. The Kier molecular flexibility index (Phi) is 5.49. The molecule has 2 amide bonds.